The van der Waals surface area contributed by atoms with Crippen molar-refractivity contribution in [2.75, 3.05) is 20.3 Å². The number of ether oxygens (including phenoxy) is 2. The molecule has 1 heterocycles. The van der Waals surface area contributed by atoms with Gasteiger partial charge in [0, 0.05) is 37.9 Å². The summed E-state index contributed by atoms with van der Waals surface area (Å²) in [4.78, 5) is 2.37. The Bertz CT molecular complexity index is 765. The Balaban J connectivity index is 1.85. The van der Waals surface area contributed by atoms with Crippen LogP contribution in [-0.2, 0) is 17.8 Å². The first-order valence-corrected chi connectivity index (χ1v) is 8.83. The van der Waals surface area contributed by atoms with E-state index in [-0.39, 0.29) is 5.82 Å². The van der Waals surface area contributed by atoms with Crippen molar-refractivity contribution >= 4 is 0 Å². The lowest BCUT2D eigenvalue weighted by Gasteiger charge is -2.34. The zero-order chi connectivity index (χ0) is 18.4. The molecule has 1 aliphatic rings. The minimum atomic E-state index is -0.227. The third-order valence-electron chi connectivity index (χ3n) is 4.79. The van der Waals surface area contributed by atoms with Crippen LogP contribution in [0.15, 0.2) is 42.5 Å². The summed E-state index contributed by atoms with van der Waals surface area (Å²) in [5, 5.41) is 9.21. The van der Waals surface area contributed by atoms with E-state index in [4.69, 9.17) is 9.47 Å². The fourth-order valence-electron chi connectivity index (χ4n) is 3.38. The fraction of sp³-hybridized carbons (Fsp3) is 0.381. The Morgan fingerprint density at radius 2 is 1.88 bits per heavy atom. The highest BCUT2D eigenvalue weighted by molar-refractivity contribution is 5.42. The summed E-state index contributed by atoms with van der Waals surface area (Å²) in [6.07, 6.45) is 1.92. The van der Waals surface area contributed by atoms with Crippen molar-refractivity contribution in [2.45, 2.75) is 32.0 Å². The van der Waals surface area contributed by atoms with Crippen LogP contribution in [-0.4, -0.2) is 31.3 Å². The number of benzene rings is 2. The first kappa shape index (κ1) is 18.4. The van der Waals surface area contributed by atoms with E-state index in [2.05, 4.69) is 11.0 Å². The quantitative estimate of drug-likeness (QED) is 0.790. The predicted octanol–water partition coefficient (Wildman–Crippen LogP) is 3.89. The van der Waals surface area contributed by atoms with Crippen LogP contribution in [0.3, 0.4) is 0 Å². The molecule has 2 aromatic carbocycles. The lowest BCUT2D eigenvalue weighted by molar-refractivity contribution is 0.0275. The summed E-state index contributed by atoms with van der Waals surface area (Å²) < 4.78 is 24.2. The van der Waals surface area contributed by atoms with E-state index in [9.17, 15) is 9.65 Å². The Morgan fingerprint density at radius 1 is 1.15 bits per heavy atom. The van der Waals surface area contributed by atoms with Crippen molar-refractivity contribution in [1.82, 2.24) is 4.90 Å². The van der Waals surface area contributed by atoms with Crippen molar-refractivity contribution in [3.63, 3.8) is 0 Å². The molecular formula is C21H23FN2O2. The second-order valence-corrected chi connectivity index (χ2v) is 6.51. The molecule has 3 rings (SSSR count). The lowest BCUT2D eigenvalue weighted by Crippen LogP contribution is -2.38. The predicted molar refractivity (Wildman–Crippen MR) is 97.2 cm³/mol. The van der Waals surface area contributed by atoms with Gasteiger partial charge in [0.05, 0.1) is 18.7 Å². The van der Waals surface area contributed by atoms with Gasteiger partial charge in [-0.1, -0.05) is 12.1 Å². The van der Waals surface area contributed by atoms with Crippen LogP contribution in [0.25, 0.3) is 0 Å². The minimum Gasteiger partial charge on any atom is -0.496 e. The molecule has 1 aliphatic heterocycles. The maximum Gasteiger partial charge on any atom is 0.123 e. The molecule has 0 aliphatic carbocycles. The van der Waals surface area contributed by atoms with Crippen molar-refractivity contribution in [1.29, 1.82) is 5.26 Å². The third kappa shape index (κ3) is 4.60. The Morgan fingerprint density at radius 3 is 2.54 bits per heavy atom. The molecule has 5 heteroatoms. The molecule has 0 aromatic heterocycles. The molecule has 26 heavy (non-hydrogen) atoms. The van der Waals surface area contributed by atoms with Gasteiger partial charge in [0.2, 0.25) is 0 Å². The van der Waals surface area contributed by atoms with E-state index in [1.807, 2.05) is 24.3 Å². The van der Waals surface area contributed by atoms with Crippen LogP contribution in [0, 0.1) is 17.1 Å². The average Bonchev–Trinajstić information content (AvgIpc) is 2.69. The highest BCUT2D eigenvalue weighted by Gasteiger charge is 2.23. The van der Waals surface area contributed by atoms with Crippen molar-refractivity contribution in [3.8, 4) is 11.8 Å². The Kier molecular flexibility index (Phi) is 6.21. The molecule has 0 atom stereocenters. The highest BCUT2D eigenvalue weighted by Crippen LogP contribution is 2.26. The molecule has 2 aromatic rings. The highest BCUT2D eigenvalue weighted by atomic mass is 19.1. The molecule has 0 unspecified atom stereocenters. The maximum atomic E-state index is 13.2. The van der Waals surface area contributed by atoms with Crippen LogP contribution in [0.1, 0.15) is 29.5 Å². The number of halogens is 1. The standard InChI is InChI=1S/C21H23FN2O2/c1-25-21-7-4-17(13-23)12-18(21)15-24(20-8-10-26-11-9-20)14-16-2-5-19(22)6-3-16/h2-7,12,20H,8-11,14-15H2,1H3. The van der Waals surface area contributed by atoms with E-state index in [0.29, 0.717) is 24.7 Å². The topological polar surface area (TPSA) is 45.5 Å². The molecule has 0 radical (unpaired) electrons. The minimum absolute atomic E-state index is 0.227. The molecule has 0 spiro atoms. The van der Waals surface area contributed by atoms with Gasteiger partial charge >= 0.3 is 0 Å². The molecule has 136 valence electrons. The third-order valence-corrected chi connectivity index (χ3v) is 4.79. The molecule has 0 saturated carbocycles. The first-order valence-electron chi connectivity index (χ1n) is 8.83. The lowest BCUT2D eigenvalue weighted by atomic mass is 10.0. The van der Waals surface area contributed by atoms with Gasteiger partial charge in [-0.15, -0.1) is 0 Å². The second-order valence-electron chi connectivity index (χ2n) is 6.51. The van der Waals surface area contributed by atoms with E-state index in [1.165, 1.54) is 12.1 Å². The van der Waals surface area contributed by atoms with Crippen LogP contribution >= 0.6 is 0 Å². The number of hydrogen-bond acceptors (Lipinski definition) is 4. The molecule has 0 amide bonds. The van der Waals surface area contributed by atoms with Crippen LogP contribution < -0.4 is 4.74 Å². The molecule has 1 fully saturated rings. The summed E-state index contributed by atoms with van der Waals surface area (Å²) in [6.45, 7) is 2.88. The normalized spacial score (nSPS) is 15.0. The van der Waals surface area contributed by atoms with E-state index in [0.717, 1.165) is 42.9 Å². The Labute approximate surface area is 153 Å². The number of methoxy groups -OCH3 is 1. The second kappa shape index (κ2) is 8.79. The summed E-state index contributed by atoms with van der Waals surface area (Å²) in [6, 6.07) is 14.7. The fourth-order valence-corrected chi connectivity index (χ4v) is 3.38. The number of nitrogens with zero attached hydrogens (tertiary/aromatic N) is 2. The summed E-state index contributed by atoms with van der Waals surface area (Å²) in [5.41, 5.74) is 2.67. The van der Waals surface area contributed by atoms with Gasteiger partial charge in [0.25, 0.3) is 0 Å². The SMILES string of the molecule is COc1ccc(C#N)cc1CN(Cc1ccc(F)cc1)C1CCOCC1. The van der Waals surface area contributed by atoms with Crippen molar-refractivity contribution < 1.29 is 13.9 Å². The van der Waals surface area contributed by atoms with Gasteiger partial charge in [-0.25, -0.2) is 4.39 Å². The summed E-state index contributed by atoms with van der Waals surface area (Å²) in [7, 11) is 1.64. The van der Waals surface area contributed by atoms with Gasteiger partial charge < -0.3 is 9.47 Å². The molecular weight excluding hydrogens is 331 g/mol. The molecule has 4 nitrogen and oxygen atoms in total. The van der Waals surface area contributed by atoms with E-state index in [1.54, 1.807) is 13.2 Å². The van der Waals surface area contributed by atoms with Crippen molar-refractivity contribution in [2.24, 2.45) is 0 Å². The molecule has 0 N–H and O–H groups in total. The van der Waals surface area contributed by atoms with E-state index < -0.39 is 0 Å². The van der Waals surface area contributed by atoms with Crippen molar-refractivity contribution in [3.05, 3.63) is 65.0 Å². The summed E-state index contributed by atoms with van der Waals surface area (Å²) in [5.74, 6) is 0.551. The zero-order valence-electron chi connectivity index (χ0n) is 15.0. The Hall–Kier alpha value is -2.42. The van der Waals surface area contributed by atoms with Gasteiger partial charge in [0.15, 0.2) is 0 Å². The van der Waals surface area contributed by atoms with Gasteiger partial charge in [-0.2, -0.15) is 5.26 Å². The zero-order valence-corrected chi connectivity index (χ0v) is 15.0. The number of hydrogen-bond donors (Lipinski definition) is 0. The van der Waals surface area contributed by atoms with Crippen LogP contribution in [0.5, 0.6) is 5.75 Å². The van der Waals surface area contributed by atoms with Crippen LogP contribution in [0.2, 0.25) is 0 Å². The van der Waals surface area contributed by atoms with Crippen LogP contribution in [0.4, 0.5) is 4.39 Å². The molecule has 0 bridgehead atoms. The smallest absolute Gasteiger partial charge is 0.123 e. The monoisotopic (exact) mass is 354 g/mol. The molecule has 1 saturated heterocycles. The summed E-state index contributed by atoms with van der Waals surface area (Å²) >= 11 is 0. The van der Waals surface area contributed by atoms with Gasteiger partial charge in [0.1, 0.15) is 11.6 Å². The number of rotatable bonds is 6. The largest absolute Gasteiger partial charge is 0.496 e. The maximum absolute atomic E-state index is 13.2. The van der Waals surface area contributed by atoms with Gasteiger partial charge in [-0.3, -0.25) is 4.90 Å². The average molecular weight is 354 g/mol. The van der Waals surface area contributed by atoms with E-state index >= 15 is 0 Å². The van der Waals surface area contributed by atoms with Gasteiger partial charge in [-0.05, 0) is 48.7 Å². The first-order chi connectivity index (χ1) is 12.7. The number of nitriles is 1.